The highest BCUT2D eigenvalue weighted by Crippen LogP contribution is 2.21. The van der Waals surface area contributed by atoms with Crippen LogP contribution >= 0.6 is 0 Å². The molecule has 1 aromatic rings. The number of piperazine rings is 1. The molecule has 104 valence electrons. The molecule has 0 unspecified atom stereocenters. The Morgan fingerprint density at radius 1 is 1.26 bits per heavy atom. The maximum Gasteiger partial charge on any atom is 0.244 e. The van der Waals surface area contributed by atoms with Crippen molar-refractivity contribution in [3.63, 3.8) is 0 Å². The zero-order valence-electron chi connectivity index (χ0n) is 12.0. The summed E-state index contributed by atoms with van der Waals surface area (Å²) < 4.78 is 0. The third-order valence-corrected chi connectivity index (χ3v) is 4.05. The smallest absolute Gasteiger partial charge is 0.244 e. The molecule has 2 rings (SSSR count). The van der Waals surface area contributed by atoms with E-state index in [2.05, 4.69) is 25.8 Å². The van der Waals surface area contributed by atoms with Crippen molar-refractivity contribution in [3.05, 3.63) is 35.9 Å². The molecule has 0 spiro atoms. The zero-order valence-corrected chi connectivity index (χ0v) is 12.0. The van der Waals surface area contributed by atoms with Crippen molar-refractivity contribution in [2.75, 3.05) is 26.7 Å². The molecule has 1 saturated heterocycles. The number of carbonyl (C=O) groups excluding carboxylic acids is 1. The van der Waals surface area contributed by atoms with Gasteiger partial charge in [0.2, 0.25) is 5.91 Å². The molecular weight excluding hydrogens is 238 g/mol. The molecule has 1 heterocycles. The molecule has 0 saturated carbocycles. The maximum atomic E-state index is 12.5. The number of rotatable bonds is 2. The first kappa shape index (κ1) is 14.0. The van der Waals surface area contributed by atoms with Crippen LogP contribution in [-0.4, -0.2) is 47.9 Å². The lowest BCUT2D eigenvalue weighted by Crippen LogP contribution is -2.60. The molecule has 1 aliphatic heterocycles. The van der Waals surface area contributed by atoms with Crippen LogP contribution in [0.25, 0.3) is 0 Å². The molecule has 0 radical (unpaired) electrons. The Balaban J connectivity index is 2.08. The van der Waals surface area contributed by atoms with E-state index in [9.17, 15) is 4.79 Å². The van der Waals surface area contributed by atoms with Gasteiger partial charge in [0.15, 0.2) is 0 Å². The first-order valence-corrected chi connectivity index (χ1v) is 6.72. The summed E-state index contributed by atoms with van der Waals surface area (Å²) in [5.74, 6) is 0.0207. The normalized spacial score (nSPS) is 21.2. The highest BCUT2D eigenvalue weighted by Gasteiger charge is 2.34. The van der Waals surface area contributed by atoms with Crippen LogP contribution in [-0.2, 0) is 4.79 Å². The minimum absolute atomic E-state index is 0.00428. The van der Waals surface area contributed by atoms with E-state index in [0.29, 0.717) is 0 Å². The van der Waals surface area contributed by atoms with Crippen LogP contribution in [0.2, 0.25) is 0 Å². The molecule has 1 aromatic carbocycles. The minimum Gasteiger partial charge on any atom is -0.338 e. The molecule has 1 amide bonds. The number of hydrogen-bond acceptors (Lipinski definition) is 3. The van der Waals surface area contributed by atoms with E-state index in [1.165, 1.54) is 0 Å². The fourth-order valence-electron chi connectivity index (χ4n) is 2.43. The molecule has 4 heteroatoms. The topological polar surface area (TPSA) is 49.6 Å². The number of carbonyl (C=O) groups is 1. The zero-order chi connectivity index (χ0) is 14.0. The van der Waals surface area contributed by atoms with Crippen LogP contribution in [0.15, 0.2) is 30.3 Å². The summed E-state index contributed by atoms with van der Waals surface area (Å²) in [5, 5.41) is 0. The third kappa shape index (κ3) is 2.96. The lowest BCUT2D eigenvalue weighted by molar-refractivity contribution is -0.137. The lowest BCUT2D eigenvalue weighted by Gasteiger charge is -2.45. The lowest BCUT2D eigenvalue weighted by atomic mass is 9.98. The molecular formula is C15H23N3O. The Morgan fingerprint density at radius 3 is 2.47 bits per heavy atom. The largest absolute Gasteiger partial charge is 0.338 e. The van der Waals surface area contributed by atoms with E-state index in [1.807, 2.05) is 35.2 Å². The highest BCUT2D eigenvalue weighted by atomic mass is 16.2. The van der Waals surface area contributed by atoms with Crippen LogP contribution in [0.3, 0.4) is 0 Å². The van der Waals surface area contributed by atoms with E-state index in [0.717, 1.165) is 25.2 Å². The van der Waals surface area contributed by atoms with Crippen molar-refractivity contribution < 1.29 is 4.79 Å². The van der Waals surface area contributed by atoms with Gasteiger partial charge in [-0.05, 0) is 26.5 Å². The summed E-state index contributed by atoms with van der Waals surface area (Å²) in [5.41, 5.74) is 6.97. The third-order valence-electron chi connectivity index (χ3n) is 4.05. The Labute approximate surface area is 115 Å². The van der Waals surface area contributed by atoms with Gasteiger partial charge in [0, 0.05) is 25.2 Å². The highest BCUT2D eigenvalue weighted by molar-refractivity contribution is 5.83. The standard InChI is InChI=1S/C15H23N3O/c1-15(2)11-18(10-9-17(15)3)14(19)13(16)12-7-5-4-6-8-12/h4-8,13H,9-11,16H2,1-3H3/t13-/m0/s1. The maximum absolute atomic E-state index is 12.5. The summed E-state index contributed by atoms with van der Waals surface area (Å²) in [6.45, 7) is 6.67. The van der Waals surface area contributed by atoms with Crippen LogP contribution in [0.1, 0.15) is 25.5 Å². The molecule has 1 aliphatic rings. The van der Waals surface area contributed by atoms with Gasteiger partial charge in [-0.3, -0.25) is 9.69 Å². The summed E-state index contributed by atoms with van der Waals surface area (Å²) >= 11 is 0. The van der Waals surface area contributed by atoms with Crippen molar-refractivity contribution in [3.8, 4) is 0 Å². The summed E-state index contributed by atoms with van der Waals surface area (Å²) in [6.07, 6.45) is 0. The number of amides is 1. The van der Waals surface area contributed by atoms with E-state index in [-0.39, 0.29) is 11.4 Å². The molecule has 0 aromatic heterocycles. The quantitative estimate of drug-likeness (QED) is 0.871. The number of hydrogen-bond donors (Lipinski definition) is 1. The summed E-state index contributed by atoms with van der Waals surface area (Å²) in [6, 6.07) is 9.01. The number of likely N-dealkylation sites (N-methyl/N-ethyl adjacent to an activating group) is 1. The van der Waals surface area contributed by atoms with Gasteiger partial charge in [0.25, 0.3) is 0 Å². The predicted molar refractivity (Wildman–Crippen MR) is 76.7 cm³/mol. The average Bonchev–Trinajstić information content (AvgIpc) is 2.41. The van der Waals surface area contributed by atoms with Gasteiger partial charge in [0.05, 0.1) is 0 Å². The molecule has 1 atom stereocenters. The average molecular weight is 261 g/mol. The van der Waals surface area contributed by atoms with Crippen molar-refractivity contribution in [2.45, 2.75) is 25.4 Å². The van der Waals surface area contributed by atoms with Crippen molar-refractivity contribution in [2.24, 2.45) is 5.73 Å². The summed E-state index contributed by atoms with van der Waals surface area (Å²) in [7, 11) is 2.10. The molecule has 0 bridgehead atoms. The molecule has 4 nitrogen and oxygen atoms in total. The van der Waals surface area contributed by atoms with Gasteiger partial charge in [-0.1, -0.05) is 30.3 Å². The Bertz CT molecular complexity index is 444. The molecule has 2 N–H and O–H groups in total. The number of nitrogens with zero attached hydrogens (tertiary/aromatic N) is 2. The summed E-state index contributed by atoms with van der Waals surface area (Å²) in [4.78, 5) is 16.6. The number of nitrogens with two attached hydrogens (primary N) is 1. The fourth-order valence-corrected chi connectivity index (χ4v) is 2.43. The van der Waals surface area contributed by atoms with Crippen LogP contribution in [0.4, 0.5) is 0 Å². The Hall–Kier alpha value is -1.39. The van der Waals surface area contributed by atoms with Crippen molar-refractivity contribution in [1.82, 2.24) is 9.80 Å². The SMILES string of the molecule is CN1CCN(C(=O)[C@@H](N)c2ccccc2)CC1(C)C. The van der Waals surface area contributed by atoms with Gasteiger partial charge >= 0.3 is 0 Å². The monoisotopic (exact) mass is 261 g/mol. The van der Waals surface area contributed by atoms with Gasteiger partial charge in [-0.2, -0.15) is 0 Å². The van der Waals surface area contributed by atoms with Crippen molar-refractivity contribution >= 4 is 5.91 Å². The predicted octanol–water partition coefficient (Wildman–Crippen LogP) is 1.24. The fraction of sp³-hybridized carbons (Fsp3) is 0.533. The van der Waals surface area contributed by atoms with Gasteiger partial charge in [0.1, 0.15) is 6.04 Å². The molecule has 0 aliphatic carbocycles. The number of benzene rings is 1. The second-order valence-electron chi connectivity index (χ2n) is 5.88. The second kappa shape index (κ2) is 5.31. The Kier molecular flexibility index (Phi) is 3.92. The van der Waals surface area contributed by atoms with Crippen LogP contribution in [0, 0.1) is 0 Å². The van der Waals surface area contributed by atoms with Crippen molar-refractivity contribution in [1.29, 1.82) is 0 Å². The first-order chi connectivity index (χ1) is 8.92. The van der Waals surface area contributed by atoms with Gasteiger partial charge in [-0.25, -0.2) is 0 Å². The second-order valence-corrected chi connectivity index (χ2v) is 5.88. The van der Waals surface area contributed by atoms with E-state index in [4.69, 9.17) is 5.73 Å². The first-order valence-electron chi connectivity index (χ1n) is 6.72. The van der Waals surface area contributed by atoms with E-state index in [1.54, 1.807) is 0 Å². The van der Waals surface area contributed by atoms with E-state index >= 15 is 0 Å². The minimum atomic E-state index is -0.555. The van der Waals surface area contributed by atoms with Gasteiger partial charge < -0.3 is 10.6 Å². The van der Waals surface area contributed by atoms with Crippen LogP contribution in [0.5, 0.6) is 0 Å². The van der Waals surface area contributed by atoms with Gasteiger partial charge in [-0.15, -0.1) is 0 Å². The van der Waals surface area contributed by atoms with E-state index < -0.39 is 6.04 Å². The molecule has 19 heavy (non-hydrogen) atoms. The Morgan fingerprint density at radius 2 is 1.89 bits per heavy atom. The molecule has 1 fully saturated rings. The van der Waals surface area contributed by atoms with Crippen LogP contribution < -0.4 is 5.73 Å².